The van der Waals surface area contributed by atoms with Gasteiger partial charge in [-0.3, -0.25) is 4.98 Å². The predicted octanol–water partition coefficient (Wildman–Crippen LogP) is 5.62. The van der Waals surface area contributed by atoms with Crippen LogP contribution in [0, 0.1) is 5.92 Å². The van der Waals surface area contributed by atoms with Gasteiger partial charge < -0.3 is 14.4 Å². The van der Waals surface area contributed by atoms with E-state index >= 15 is 0 Å². The summed E-state index contributed by atoms with van der Waals surface area (Å²) in [6, 6.07) is 8.56. The van der Waals surface area contributed by atoms with E-state index in [1.54, 1.807) is 11.7 Å². The van der Waals surface area contributed by atoms with Gasteiger partial charge in [0.25, 0.3) is 0 Å². The Morgan fingerprint density at radius 2 is 1.93 bits per heavy atom. The summed E-state index contributed by atoms with van der Waals surface area (Å²) < 4.78 is 11.6. The van der Waals surface area contributed by atoms with Crippen molar-refractivity contribution in [3.05, 3.63) is 46.4 Å². The fraction of sp³-hybridized carbons (Fsp3) is 0.565. The van der Waals surface area contributed by atoms with Crippen molar-refractivity contribution in [3.8, 4) is 5.75 Å². The molecule has 0 unspecified atom stereocenters. The van der Waals surface area contributed by atoms with E-state index < -0.39 is 0 Å². The minimum atomic E-state index is -0.210. The molecule has 1 amide bonds. The number of amides is 1. The van der Waals surface area contributed by atoms with Gasteiger partial charge >= 0.3 is 6.09 Å². The number of ether oxygens (including phenoxy) is 2. The van der Waals surface area contributed by atoms with Crippen LogP contribution in [0.25, 0.3) is 0 Å². The highest BCUT2D eigenvalue weighted by Crippen LogP contribution is 2.38. The van der Waals surface area contributed by atoms with Gasteiger partial charge in [0.1, 0.15) is 12.4 Å². The predicted molar refractivity (Wildman–Crippen MR) is 114 cm³/mol. The topological polar surface area (TPSA) is 51.7 Å². The van der Waals surface area contributed by atoms with E-state index in [4.69, 9.17) is 9.47 Å². The normalized spacial score (nSPS) is 18.1. The van der Waals surface area contributed by atoms with Crippen LogP contribution < -0.4 is 4.74 Å². The third kappa shape index (κ3) is 5.50. The maximum atomic E-state index is 12.2. The minimum absolute atomic E-state index is 0.210. The highest BCUT2D eigenvalue weighted by molar-refractivity contribution is 7.09. The summed E-state index contributed by atoms with van der Waals surface area (Å²) in [6.45, 7) is 2.61. The van der Waals surface area contributed by atoms with Gasteiger partial charge in [0.15, 0.2) is 0 Å². The summed E-state index contributed by atoms with van der Waals surface area (Å²) in [5, 5.41) is 0. The molecule has 5 nitrogen and oxygen atoms in total. The largest absolute Gasteiger partial charge is 0.493 e. The first-order valence-electron chi connectivity index (χ1n) is 10.8. The lowest BCUT2D eigenvalue weighted by Gasteiger charge is -2.31. The zero-order chi connectivity index (χ0) is 19.9. The second-order valence-electron chi connectivity index (χ2n) is 8.11. The molecular weight excluding hydrogens is 384 g/mol. The van der Waals surface area contributed by atoms with Crippen LogP contribution in [0.15, 0.2) is 36.0 Å². The Labute approximate surface area is 177 Å². The third-order valence-electron chi connectivity index (χ3n) is 6.19. The number of hydrogen-bond donors (Lipinski definition) is 0. The van der Waals surface area contributed by atoms with Gasteiger partial charge in [0, 0.05) is 19.3 Å². The lowest BCUT2D eigenvalue weighted by Crippen LogP contribution is -2.39. The molecule has 0 bridgehead atoms. The average Bonchev–Trinajstić information content (AvgIpc) is 3.47. The Kier molecular flexibility index (Phi) is 7.04. The summed E-state index contributed by atoms with van der Waals surface area (Å²) in [5.41, 5.74) is 3.15. The standard InChI is InChI=1S/C23H30N2O3S/c26-23(28-16-20-15-24-17-29-20)25-12-9-18(10-13-25)11-14-27-22-8-4-3-7-21(22)19-5-1-2-6-19/h3-4,7-8,15,17-19H,1-2,5-6,9-14,16H2. The fourth-order valence-corrected chi connectivity index (χ4v) is 4.97. The first-order valence-corrected chi connectivity index (χ1v) is 11.7. The zero-order valence-electron chi connectivity index (χ0n) is 16.9. The third-order valence-corrected chi connectivity index (χ3v) is 6.94. The van der Waals surface area contributed by atoms with Gasteiger partial charge in [-0.25, -0.2) is 4.79 Å². The van der Waals surface area contributed by atoms with Crippen LogP contribution in [0.5, 0.6) is 5.75 Å². The number of piperidine rings is 1. The quantitative estimate of drug-likeness (QED) is 0.590. The number of carbonyl (C=O) groups is 1. The average molecular weight is 415 g/mol. The van der Waals surface area contributed by atoms with E-state index in [0.717, 1.165) is 49.6 Å². The maximum Gasteiger partial charge on any atom is 0.410 e. The fourth-order valence-electron chi connectivity index (χ4n) is 4.46. The number of aromatic nitrogens is 1. The monoisotopic (exact) mass is 414 g/mol. The molecular formula is C23H30N2O3S. The molecule has 2 aromatic rings. The number of carbonyl (C=O) groups excluding carboxylic acids is 1. The molecule has 2 fully saturated rings. The summed E-state index contributed by atoms with van der Waals surface area (Å²) in [7, 11) is 0. The van der Waals surface area contributed by atoms with Gasteiger partial charge in [0.05, 0.1) is 17.0 Å². The highest BCUT2D eigenvalue weighted by atomic mass is 32.1. The second kappa shape index (κ2) is 10.1. The number of benzene rings is 1. The van der Waals surface area contributed by atoms with Gasteiger partial charge in [-0.15, -0.1) is 11.3 Å². The van der Waals surface area contributed by atoms with Crippen LogP contribution in [-0.2, 0) is 11.3 Å². The summed E-state index contributed by atoms with van der Waals surface area (Å²) in [5.74, 6) is 2.35. The lowest BCUT2D eigenvalue weighted by atomic mass is 9.94. The molecule has 0 spiro atoms. The van der Waals surface area contributed by atoms with Crippen molar-refractivity contribution in [1.82, 2.24) is 9.88 Å². The van der Waals surface area contributed by atoms with Gasteiger partial charge in [-0.2, -0.15) is 0 Å². The molecule has 6 heteroatoms. The minimum Gasteiger partial charge on any atom is -0.493 e. The SMILES string of the molecule is O=C(OCc1cncs1)N1CCC(CCOc2ccccc2C2CCCC2)CC1. The summed E-state index contributed by atoms with van der Waals surface area (Å²) in [4.78, 5) is 19.0. The molecule has 0 atom stereocenters. The van der Waals surface area contributed by atoms with Crippen molar-refractivity contribution in [1.29, 1.82) is 0 Å². The van der Waals surface area contributed by atoms with Crippen molar-refractivity contribution >= 4 is 17.4 Å². The van der Waals surface area contributed by atoms with E-state index in [9.17, 15) is 4.79 Å². The van der Waals surface area contributed by atoms with Crippen LogP contribution in [0.2, 0.25) is 0 Å². The molecule has 156 valence electrons. The van der Waals surface area contributed by atoms with Crippen LogP contribution >= 0.6 is 11.3 Å². The van der Waals surface area contributed by atoms with E-state index in [2.05, 4.69) is 29.2 Å². The van der Waals surface area contributed by atoms with E-state index in [1.165, 1.54) is 42.6 Å². The number of hydrogen-bond acceptors (Lipinski definition) is 5. The first kappa shape index (κ1) is 20.2. The molecule has 29 heavy (non-hydrogen) atoms. The molecule has 2 aliphatic rings. The molecule has 0 radical (unpaired) electrons. The number of para-hydroxylation sites is 1. The molecule has 1 aromatic carbocycles. The molecule has 1 saturated heterocycles. The number of thiazole rings is 1. The zero-order valence-corrected chi connectivity index (χ0v) is 17.7. The summed E-state index contributed by atoms with van der Waals surface area (Å²) >= 11 is 1.51. The Balaban J connectivity index is 1.17. The van der Waals surface area contributed by atoms with E-state index in [-0.39, 0.29) is 6.09 Å². The van der Waals surface area contributed by atoms with Crippen molar-refractivity contribution < 1.29 is 14.3 Å². The summed E-state index contributed by atoms with van der Waals surface area (Å²) in [6.07, 6.45) is 9.87. The Morgan fingerprint density at radius 1 is 1.14 bits per heavy atom. The molecule has 1 aliphatic carbocycles. The maximum absolute atomic E-state index is 12.2. The van der Waals surface area contributed by atoms with Crippen molar-refractivity contribution in [2.75, 3.05) is 19.7 Å². The second-order valence-corrected chi connectivity index (χ2v) is 9.08. The molecule has 1 aliphatic heterocycles. The molecule has 4 rings (SSSR count). The molecule has 2 heterocycles. The Morgan fingerprint density at radius 3 is 2.69 bits per heavy atom. The van der Waals surface area contributed by atoms with E-state index in [1.807, 2.05) is 4.90 Å². The van der Waals surface area contributed by atoms with Crippen LogP contribution in [0.3, 0.4) is 0 Å². The first-order chi connectivity index (χ1) is 14.3. The Bertz CT molecular complexity index is 766. The number of rotatable bonds is 7. The van der Waals surface area contributed by atoms with Gasteiger partial charge in [-0.1, -0.05) is 31.0 Å². The Hall–Kier alpha value is -2.08. The van der Waals surface area contributed by atoms with Crippen LogP contribution in [-0.4, -0.2) is 35.7 Å². The van der Waals surface area contributed by atoms with Crippen molar-refractivity contribution in [3.63, 3.8) is 0 Å². The van der Waals surface area contributed by atoms with Crippen molar-refractivity contribution in [2.24, 2.45) is 5.92 Å². The van der Waals surface area contributed by atoms with Crippen LogP contribution in [0.1, 0.15) is 61.3 Å². The lowest BCUT2D eigenvalue weighted by molar-refractivity contribution is 0.0806. The number of nitrogens with zero attached hydrogens (tertiary/aromatic N) is 2. The number of likely N-dealkylation sites (tertiary alicyclic amines) is 1. The molecule has 0 N–H and O–H groups in total. The van der Waals surface area contributed by atoms with Gasteiger partial charge in [0.2, 0.25) is 0 Å². The van der Waals surface area contributed by atoms with Gasteiger partial charge in [-0.05, 0) is 55.6 Å². The highest BCUT2D eigenvalue weighted by Gasteiger charge is 2.24. The molecule has 1 aromatic heterocycles. The molecule has 1 saturated carbocycles. The van der Waals surface area contributed by atoms with E-state index in [0.29, 0.717) is 18.4 Å². The smallest absolute Gasteiger partial charge is 0.410 e. The van der Waals surface area contributed by atoms with Crippen LogP contribution in [0.4, 0.5) is 4.79 Å². The van der Waals surface area contributed by atoms with Crippen molar-refractivity contribution in [2.45, 2.75) is 57.5 Å².